The highest BCUT2D eigenvalue weighted by molar-refractivity contribution is 5.81. The number of carbonyl (C=O) groups is 2. The first kappa shape index (κ1) is 26.7. The maximum Gasteiger partial charge on any atom is 0.229 e. The Morgan fingerprint density at radius 2 is 1.63 bits per heavy atom. The van der Waals surface area contributed by atoms with Gasteiger partial charge in [0.1, 0.15) is 12.3 Å². The fourth-order valence-electron chi connectivity index (χ4n) is 7.20. The molecule has 6 aliphatic rings. The minimum absolute atomic E-state index is 0.0169. The summed E-state index contributed by atoms with van der Waals surface area (Å²) in [6.45, 7) is 5.86. The number of nitrogens with zero attached hydrogens (tertiary/aromatic N) is 4. The first-order chi connectivity index (χ1) is 18.4. The Balaban J connectivity index is 1.03. The summed E-state index contributed by atoms with van der Waals surface area (Å²) in [7, 11) is 0. The number of alkyl halides is 2. The van der Waals surface area contributed by atoms with E-state index in [0.29, 0.717) is 32.5 Å². The van der Waals surface area contributed by atoms with Gasteiger partial charge < -0.3 is 21.3 Å². The van der Waals surface area contributed by atoms with Crippen molar-refractivity contribution in [3.8, 4) is 0 Å². The van der Waals surface area contributed by atoms with Crippen LogP contribution in [0.1, 0.15) is 25.7 Å². The molecule has 214 valence electrons. The summed E-state index contributed by atoms with van der Waals surface area (Å²) in [5, 5.41) is 10.9. The molecule has 1 saturated carbocycles. The number of carbonyl (C=O) groups excluding carboxylic acids is 2. The van der Waals surface area contributed by atoms with Crippen molar-refractivity contribution in [2.75, 3.05) is 65.4 Å². The molecule has 0 radical (unpaired) electrons. The number of hydrogen-bond donors (Lipinski definition) is 5. The van der Waals surface area contributed by atoms with Crippen LogP contribution in [-0.2, 0) is 9.59 Å². The normalized spacial score (nSPS) is 40.2. The molecule has 0 spiro atoms. The van der Waals surface area contributed by atoms with Crippen LogP contribution >= 0.6 is 0 Å². The highest BCUT2D eigenvalue weighted by atomic mass is 19.1. The van der Waals surface area contributed by atoms with Crippen molar-refractivity contribution < 1.29 is 18.4 Å². The van der Waals surface area contributed by atoms with E-state index in [1.54, 1.807) is 5.01 Å². The second-order valence-electron chi connectivity index (χ2n) is 12.0. The Bertz CT molecular complexity index is 866. The molecule has 0 bridgehead atoms. The quantitative estimate of drug-likeness (QED) is 0.265. The number of likely N-dealkylation sites (tertiary alicyclic amines) is 1. The molecule has 5 aliphatic heterocycles. The van der Waals surface area contributed by atoms with Crippen LogP contribution in [0.3, 0.4) is 0 Å². The van der Waals surface area contributed by atoms with Gasteiger partial charge in [-0.3, -0.25) is 24.7 Å². The van der Waals surface area contributed by atoms with Gasteiger partial charge in [0.05, 0.1) is 30.3 Å². The molecule has 13 heteroatoms. The lowest BCUT2D eigenvalue weighted by Gasteiger charge is -2.46. The number of nitrogens with one attached hydrogen (secondary N) is 4. The van der Waals surface area contributed by atoms with E-state index in [4.69, 9.17) is 5.73 Å². The van der Waals surface area contributed by atoms with Gasteiger partial charge in [0, 0.05) is 64.3 Å². The second-order valence-corrected chi connectivity index (χ2v) is 12.0. The summed E-state index contributed by atoms with van der Waals surface area (Å²) in [6, 6.07) is -0.147. The molecular formula is C25H43F2N9O2. The van der Waals surface area contributed by atoms with Gasteiger partial charge in [-0.1, -0.05) is 0 Å². The summed E-state index contributed by atoms with van der Waals surface area (Å²) in [5.41, 5.74) is 9.21. The smallest absolute Gasteiger partial charge is 0.229 e. The number of nitrogens with two attached hydrogens (primary N) is 1. The second kappa shape index (κ2) is 11.2. The molecule has 11 nitrogen and oxygen atoms in total. The molecule has 0 aromatic heterocycles. The number of piperidine rings is 2. The van der Waals surface area contributed by atoms with E-state index in [1.807, 2.05) is 4.90 Å². The van der Waals surface area contributed by atoms with Crippen molar-refractivity contribution in [3.05, 3.63) is 0 Å². The van der Waals surface area contributed by atoms with Crippen molar-refractivity contribution in [2.24, 2.45) is 17.6 Å². The minimum Gasteiger partial charge on any atom is -0.350 e. The summed E-state index contributed by atoms with van der Waals surface area (Å²) >= 11 is 0. The van der Waals surface area contributed by atoms with Crippen molar-refractivity contribution in [1.82, 2.24) is 41.1 Å². The molecule has 5 heterocycles. The number of rotatable bonds is 5. The van der Waals surface area contributed by atoms with Gasteiger partial charge in [0.15, 0.2) is 0 Å². The van der Waals surface area contributed by atoms with E-state index < -0.39 is 42.7 Å². The number of piperazine rings is 1. The molecule has 0 aromatic carbocycles. The molecular weight excluding hydrogens is 496 g/mol. The van der Waals surface area contributed by atoms with Crippen LogP contribution in [0.25, 0.3) is 0 Å². The van der Waals surface area contributed by atoms with Crippen LogP contribution in [0.2, 0.25) is 0 Å². The standard InChI is InChI=1S/C25H43F2N9O2/c26-16-11-30-23-20(22(28)32-36(23)14-16)24(37)31-19-13-29-12-18(27)21(19)34-5-3-15(4-6-34)25(38)35-9-7-33(8-10-35)17-1-2-17/h15-23,29-30,32H,1-14,28H2,(H,31,37). The van der Waals surface area contributed by atoms with Crippen LogP contribution in [0, 0.1) is 11.8 Å². The molecule has 6 fully saturated rings. The first-order valence-corrected chi connectivity index (χ1v) is 14.5. The zero-order valence-corrected chi connectivity index (χ0v) is 22.0. The van der Waals surface area contributed by atoms with E-state index in [1.165, 1.54) is 12.8 Å². The average Bonchev–Trinajstić information content (AvgIpc) is 3.71. The van der Waals surface area contributed by atoms with Crippen LogP contribution in [-0.4, -0.2) is 140 Å². The van der Waals surface area contributed by atoms with E-state index >= 15 is 4.39 Å². The van der Waals surface area contributed by atoms with Gasteiger partial charge in [-0.25, -0.2) is 19.2 Å². The van der Waals surface area contributed by atoms with Crippen LogP contribution in [0.15, 0.2) is 0 Å². The molecule has 7 unspecified atom stereocenters. The molecule has 7 atom stereocenters. The van der Waals surface area contributed by atoms with Gasteiger partial charge in [0.25, 0.3) is 0 Å². The third kappa shape index (κ3) is 5.43. The number of halogens is 2. The molecule has 6 rings (SSSR count). The third-order valence-electron chi connectivity index (χ3n) is 9.43. The minimum atomic E-state index is -1.14. The molecule has 38 heavy (non-hydrogen) atoms. The van der Waals surface area contributed by atoms with Crippen molar-refractivity contribution >= 4 is 11.8 Å². The number of fused-ring (bicyclic) bond motifs is 1. The molecule has 1 aliphatic carbocycles. The molecule has 2 amide bonds. The molecule has 5 saturated heterocycles. The maximum atomic E-state index is 15.3. The zero-order valence-electron chi connectivity index (χ0n) is 22.0. The third-order valence-corrected chi connectivity index (χ3v) is 9.43. The van der Waals surface area contributed by atoms with Crippen LogP contribution in [0.4, 0.5) is 8.78 Å². The van der Waals surface area contributed by atoms with Gasteiger partial charge in [0.2, 0.25) is 11.8 Å². The lowest BCUT2D eigenvalue weighted by Crippen LogP contribution is -2.67. The molecule has 6 N–H and O–H groups in total. The Labute approximate surface area is 223 Å². The van der Waals surface area contributed by atoms with E-state index in [2.05, 4.69) is 31.2 Å². The predicted molar refractivity (Wildman–Crippen MR) is 137 cm³/mol. The van der Waals surface area contributed by atoms with Crippen LogP contribution < -0.4 is 27.1 Å². The Morgan fingerprint density at radius 1 is 0.895 bits per heavy atom. The van der Waals surface area contributed by atoms with Crippen molar-refractivity contribution in [3.63, 3.8) is 0 Å². The Hall–Kier alpha value is -1.48. The monoisotopic (exact) mass is 539 g/mol. The largest absolute Gasteiger partial charge is 0.350 e. The van der Waals surface area contributed by atoms with Gasteiger partial charge >= 0.3 is 0 Å². The number of hydrogen-bond acceptors (Lipinski definition) is 9. The zero-order chi connectivity index (χ0) is 26.4. The highest BCUT2D eigenvalue weighted by Crippen LogP contribution is 2.30. The van der Waals surface area contributed by atoms with Gasteiger partial charge in [-0.2, -0.15) is 0 Å². The SMILES string of the molecule is NC1NN2CC(F)CNC2C1C(=O)NC1CNCC(F)C1N1CCC(C(=O)N2CCN(C3CC3)CC2)CC1. The summed E-state index contributed by atoms with van der Waals surface area (Å²) in [4.78, 5) is 33.2. The lowest BCUT2D eigenvalue weighted by atomic mass is 9.89. The van der Waals surface area contributed by atoms with Crippen molar-refractivity contribution in [1.29, 1.82) is 0 Å². The maximum absolute atomic E-state index is 15.3. The highest BCUT2D eigenvalue weighted by Gasteiger charge is 2.49. The van der Waals surface area contributed by atoms with Gasteiger partial charge in [-0.05, 0) is 38.8 Å². The van der Waals surface area contributed by atoms with Gasteiger partial charge in [-0.15, -0.1) is 0 Å². The summed E-state index contributed by atoms with van der Waals surface area (Å²) in [5.74, 6) is -0.651. The van der Waals surface area contributed by atoms with Crippen molar-refractivity contribution in [2.45, 2.75) is 68.5 Å². The number of hydrazine groups is 1. The van der Waals surface area contributed by atoms with E-state index in [-0.39, 0.29) is 37.4 Å². The fourth-order valence-corrected chi connectivity index (χ4v) is 7.20. The Morgan fingerprint density at radius 3 is 2.34 bits per heavy atom. The summed E-state index contributed by atoms with van der Waals surface area (Å²) < 4.78 is 29.1. The Kier molecular flexibility index (Phi) is 7.87. The average molecular weight is 540 g/mol. The summed E-state index contributed by atoms with van der Waals surface area (Å²) in [6.07, 6.45) is 0.782. The fraction of sp³-hybridized carbons (Fsp3) is 0.920. The predicted octanol–water partition coefficient (Wildman–Crippen LogP) is -2.21. The topological polar surface area (TPSA) is 121 Å². The van der Waals surface area contributed by atoms with E-state index in [0.717, 1.165) is 32.2 Å². The first-order valence-electron chi connectivity index (χ1n) is 14.5. The lowest BCUT2D eigenvalue weighted by molar-refractivity contribution is -0.139. The molecule has 0 aromatic rings. The van der Waals surface area contributed by atoms with Crippen LogP contribution in [0.5, 0.6) is 0 Å². The number of amides is 2. The van der Waals surface area contributed by atoms with E-state index in [9.17, 15) is 14.0 Å².